The van der Waals surface area contributed by atoms with Crippen molar-refractivity contribution in [3.63, 3.8) is 0 Å². The zero-order valence-corrected chi connectivity index (χ0v) is 13.2. The van der Waals surface area contributed by atoms with E-state index in [1.165, 1.54) is 38.2 Å². The van der Waals surface area contributed by atoms with E-state index in [9.17, 15) is 4.39 Å². The average molecular weight is 298 g/mol. The Bertz CT molecular complexity index is 435. The van der Waals surface area contributed by atoms with Crippen molar-refractivity contribution in [3.8, 4) is 0 Å². The molecule has 0 bridgehead atoms. The van der Waals surface area contributed by atoms with E-state index >= 15 is 0 Å². The van der Waals surface area contributed by atoms with Crippen LogP contribution in [0.25, 0.3) is 0 Å². The van der Waals surface area contributed by atoms with Crippen LogP contribution in [0.2, 0.25) is 5.02 Å². The van der Waals surface area contributed by atoms with E-state index in [4.69, 9.17) is 11.6 Å². The van der Waals surface area contributed by atoms with Gasteiger partial charge in [-0.05, 0) is 55.8 Å². The summed E-state index contributed by atoms with van der Waals surface area (Å²) in [6.07, 6.45) is 7.22. The van der Waals surface area contributed by atoms with Crippen LogP contribution >= 0.6 is 11.6 Å². The summed E-state index contributed by atoms with van der Waals surface area (Å²) < 4.78 is 13.9. The second-order valence-electron chi connectivity index (χ2n) is 6.04. The molecule has 1 aliphatic carbocycles. The molecule has 112 valence electrons. The molecule has 0 saturated heterocycles. The number of benzene rings is 1. The van der Waals surface area contributed by atoms with Crippen molar-refractivity contribution >= 4 is 11.6 Å². The Hall–Kier alpha value is -0.600. The molecule has 1 aromatic carbocycles. The van der Waals surface area contributed by atoms with Crippen molar-refractivity contribution in [1.82, 2.24) is 5.32 Å². The first kappa shape index (κ1) is 15.8. The fraction of sp³-hybridized carbons (Fsp3) is 0.647. The third kappa shape index (κ3) is 3.95. The van der Waals surface area contributed by atoms with Gasteiger partial charge >= 0.3 is 0 Å². The number of halogens is 2. The van der Waals surface area contributed by atoms with Gasteiger partial charge < -0.3 is 5.32 Å². The predicted molar refractivity (Wildman–Crippen MR) is 83.7 cm³/mol. The summed E-state index contributed by atoms with van der Waals surface area (Å²) in [6, 6.07) is 5.38. The van der Waals surface area contributed by atoms with Gasteiger partial charge in [-0.2, -0.15) is 0 Å². The third-order valence-corrected chi connectivity index (χ3v) is 5.03. The van der Waals surface area contributed by atoms with Crippen molar-refractivity contribution in [3.05, 3.63) is 34.6 Å². The van der Waals surface area contributed by atoms with Crippen LogP contribution < -0.4 is 5.32 Å². The zero-order chi connectivity index (χ0) is 14.5. The van der Waals surface area contributed by atoms with E-state index in [2.05, 4.69) is 12.2 Å². The highest BCUT2D eigenvalue weighted by Crippen LogP contribution is 2.34. The SMILES string of the molecule is CCC1CCCC(C(Cc2ccc(Cl)cc2F)NC)C1. The zero-order valence-electron chi connectivity index (χ0n) is 12.5. The van der Waals surface area contributed by atoms with E-state index in [1.807, 2.05) is 13.1 Å². The molecule has 1 aromatic rings. The molecule has 0 radical (unpaired) electrons. The van der Waals surface area contributed by atoms with E-state index < -0.39 is 0 Å². The Morgan fingerprint density at radius 1 is 1.40 bits per heavy atom. The van der Waals surface area contributed by atoms with Crippen LogP contribution in [0.3, 0.4) is 0 Å². The van der Waals surface area contributed by atoms with Crippen LogP contribution in [0.5, 0.6) is 0 Å². The molecule has 2 rings (SSSR count). The molecule has 1 saturated carbocycles. The second-order valence-corrected chi connectivity index (χ2v) is 6.47. The molecule has 1 nitrogen and oxygen atoms in total. The van der Waals surface area contributed by atoms with Gasteiger partial charge in [0, 0.05) is 11.1 Å². The lowest BCUT2D eigenvalue weighted by Crippen LogP contribution is -2.38. The van der Waals surface area contributed by atoms with Crippen LogP contribution in [-0.2, 0) is 6.42 Å². The maximum absolute atomic E-state index is 13.9. The summed E-state index contributed by atoms with van der Waals surface area (Å²) in [5, 5.41) is 3.88. The lowest BCUT2D eigenvalue weighted by Gasteiger charge is -2.34. The molecule has 3 atom stereocenters. The summed E-state index contributed by atoms with van der Waals surface area (Å²) >= 11 is 5.82. The number of rotatable bonds is 5. The van der Waals surface area contributed by atoms with Crippen LogP contribution in [0.15, 0.2) is 18.2 Å². The summed E-state index contributed by atoms with van der Waals surface area (Å²) in [5.41, 5.74) is 0.771. The van der Waals surface area contributed by atoms with Crippen molar-refractivity contribution in [2.75, 3.05) is 7.05 Å². The molecule has 0 heterocycles. The topological polar surface area (TPSA) is 12.0 Å². The van der Waals surface area contributed by atoms with Crippen molar-refractivity contribution < 1.29 is 4.39 Å². The van der Waals surface area contributed by atoms with E-state index in [-0.39, 0.29) is 5.82 Å². The first-order chi connectivity index (χ1) is 9.63. The molecule has 1 N–H and O–H groups in total. The quantitative estimate of drug-likeness (QED) is 0.821. The Morgan fingerprint density at radius 2 is 2.20 bits per heavy atom. The standard InChI is InChI=1S/C17H25ClFN/c1-3-12-5-4-6-14(9-12)17(20-2)10-13-7-8-15(18)11-16(13)19/h7-8,11-12,14,17,20H,3-6,9-10H2,1-2H3. The minimum atomic E-state index is -0.180. The van der Waals surface area contributed by atoms with Gasteiger partial charge in [0.05, 0.1) is 0 Å². The van der Waals surface area contributed by atoms with Crippen molar-refractivity contribution in [2.24, 2.45) is 11.8 Å². The largest absolute Gasteiger partial charge is 0.316 e. The molecular weight excluding hydrogens is 273 g/mol. The van der Waals surface area contributed by atoms with Crippen molar-refractivity contribution in [1.29, 1.82) is 0 Å². The second kappa shape index (κ2) is 7.42. The molecular formula is C17H25ClFN. The van der Waals surface area contributed by atoms with Gasteiger partial charge in [-0.25, -0.2) is 4.39 Å². The number of hydrogen-bond acceptors (Lipinski definition) is 1. The van der Waals surface area contributed by atoms with Crippen LogP contribution in [0.4, 0.5) is 4.39 Å². The summed E-state index contributed by atoms with van der Waals surface area (Å²) in [5.74, 6) is 1.33. The molecule has 1 aliphatic rings. The molecule has 3 unspecified atom stereocenters. The molecule has 0 aliphatic heterocycles. The summed E-state index contributed by atoms with van der Waals surface area (Å²) in [7, 11) is 1.99. The summed E-state index contributed by atoms with van der Waals surface area (Å²) in [6.45, 7) is 2.28. The minimum absolute atomic E-state index is 0.180. The first-order valence-corrected chi connectivity index (χ1v) is 8.13. The van der Waals surface area contributed by atoms with Crippen LogP contribution in [0, 0.1) is 17.7 Å². The third-order valence-electron chi connectivity index (χ3n) is 4.80. The molecule has 20 heavy (non-hydrogen) atoms. The van der Waals surface area contributed by atoms with Gasteiger partial charge in [-0.15, -0.1) is 0 Å². The van der Waals surface area contributed by atoms with Gasteiger partial charge in [-0.1, -0.05) is 43.9 Å². The van der Waals surface area contributed by atoms with E-state index in [1.54, 1.807) is 6.07 Å². The average Bonchev–Trinajstić information content (AvgIpc) is 2.46. The normalized spacial score (nSPS) is 24.6. The molecule has 3 heteroatoms. The van der Waals surface area contributed by atoms with E-state index in [0.717, 1.165) is 17.9 Å². The van der Waals surface area contributed by atoms with Gasteiger partial charge in [0.2, 0.25) is 0 Å². The number of hydrogen-bond donors (Lipinski definition) is 1. The Labute approximate surface area is 126 Å². The monoisotopic (exact) mass is 297 g/mol. The van der Waals surface area contributed by atoms with Crippen LogP contribution in [-0.4, -0.2) is 13.1 Å². The predicted octanol–water partition coefficient (Wildman–Crippen LogP) is 4.83. The fourth-order valence-electron chi connectivity index (χ4n) is 3.50. The Kier molecular flexibility index (Phi) is 5.86. The maximum Gasteiger partial charge on any atom is 0.127 e. The smallest absolute Gasteiger partial charge is 0.127 e. The lowest BCUT2D eigenvalue weighted by atomic mass is 9.75. The molecule has 0 aromatic heterocycles. The first-order valence-electron chi connectivity index (χ1n) is 7.75. The Morgan fingerprint density at radius 3 is 2.85 bits per heavy atom. The van der Waals surface area contributed by atoms with Crippen molar-refractivity contribution in [2.45, 2.75) is 51.5 Å². The highest BCUT2D eigenvalue weighted by Gasteiger charge is 2.27. The van der Waals surface area contributed by atoms with Gasteiger partial charge in [0.1, 0.15) is 5.82 Å². The molecule has 0 amide bonds. The van der Waals surface area contributed by atoms with E-state index in [0.29, 0.717) is 17.0 Å². The summed E-state index contributed by atoms with van der Waals surface area (Å²) in [4.78, 5) is 0. The van der Waals surface area contributed by atoms with Gasteiger partial charge in [0.25, 0.3) is 0 Å². The molecule has 0 spiro atoms. The highest BCUT2D eigenvalue weighted by molar-refractivity contribution is 6.30. The maximum atomic E-state index is 13.9. The number of nitrogens with one attached hydrogen (secondary N) is 1. The lowest BCUT2D eigenvalue weighted by molar-refractivity contribution is 0.212. The molecule has 1 fully saturated rings. The fourth-order valence-corrected chi connectivity index (χ4v) is 3.66. The van der Waals surface area contributed by atoms with Crippen LogP contribution in [0.1, 0.15) is 44.6 Å². The number of likely N-dealkylation sites (N-methyl/N-ethyl adjacent to an activating group) is 1. The minimum Gasteiger partial charge on any atom is -0.316 e. The van der Waals surface area contributed by atoms with Gasteiger partial charge in [-0.3, -0.25) is 0 Å². The van der Waals surface area contributed by atoms with Gasteiger partial charge in [0.15, 0.2) is 0 Å². The highest BCUT2D eigenvalue weighted by atomic mass is 35.5. The Balaban J connectivity index is 2.04.